The van der Waals surface area contributed by atoms with Crippen molar-refractivity contribution >= 4 is 5.97 Å². The molecule has 0 aliphatic carbocycles. The van der Waals surface area contributed by atoms with Crippen LogP contribution in [0.25, 0.3) is 0 Å². The van der Waals surface area contributed by atoms with Crippen molar-refractivity contribution in [3.8, 4) is 5.75 Å². The normalized spacial score (nSPS) is 9.67. The Labute approximate surface area is 108 Å². The molecule has 0 saturated heterocycles. The third kappa shape index (κ3) is 5.53. The van der Waals surface area contributed by atoms with Gasteiger partial charge in [0.15, 0.2) is 0 Å². The zero-order valence-electron chi connectivity index (χ0n) is 11.0. The first-order valence-electron chi connectivity index (χ1n) is 6.30. The van der Waals surface area contributed by atoms with Crippen molar-refractivity contribution in [3.05, 3.63) is 42.0 Å². The molecule has 0 spiro atoms. The molecule has 0 amide bonds. The molecule has 98 valence electrons. The van der Waals surface area contributed by atoms with Crippen LogP contribution < -0.4 is 4.74 Å². The molecule has 0 fully saturated rings. The molecule has 0 heterocycles. The van der Waals surface area contributed by atoms with Gasteiger partial charge in [-0.2, -0.15) is 0 Å². The Morgan fingerprint density at radius 3 is 2.39 bits per heavy atom. The monoisotopic (exact) mass is 248 g/mol. The number of hydrogen-bond acceptors (Lipinski definition) is 3. The zero-order chi connectivity index (χ0) is 13.2. The molecule has 0 unspecified atom stereocenters. The van der Waals surface area contributed by atoms with E-state index in [1.807, 2.05) is 44.2 Å². The molecule has 3 heteroatoms. The molecule has 0 saturated carbocycles. The predicted molar refractivity (Wildman–Crippen MR) is 71.6 cm³/mol. The highest BCUT2D eigenvalue weighted by atomic mass is 16.6. The molecule has 0 atom stereocenters. The van der Waals surface area contributed by atoms with Crippen LogP contribution in [0.4, 0.5) is 0 Å². The van der Waals surface area contributed by atoms with Crippen LogP contribution in [0.15, 0.2) is 42.0 Å². The summed E-state index contributed by atoms with van der Waals surface area (Å²) in [6.45, 7) is 4.70. The van der Waals surface area contributed by atoms with Gasteiger partial charge in [-0.15, -0.1) is 0 Å². The summed E-state index contributed by atoms with van der Waals surface area (Å²) < 4.78 is 10.5. The lowest BCUT2D eigenvalue weighted by atomic mass is 10.1. The van der Waals surface area contributed by atoms with Gasteiger partial charge in [-0.05, 0) is 25.0 Å². The average Bonchev–Trinajstić information content (AvgIpc) is 2.42. The van der Waals surface area contributed by atoms with Gasteiger partial charge in [0, 0.05) is 6.08 Å². The van der Waals surface area contributed by atoms with E-state index in [1.165, 1.54) is 0 Å². The fourth-order valence-electron chi connectivity index (χ4n) is 1.48. The average molecular weight is 248 g/mol. The SMILES string of the molecule is CCC(=CC(=O)OCCOc1ccccc1)CC. The van der Waals surface area contributed by atoms with Gasteiger partial charge in [0.1, 0.15) is 19.0 Å². The van der Waals surface area contributed by atoms with Crippen LogP contribution in [0, 0.1) is 0 Å². The van der Waals surface area contributed by atoms with Crippen LogP contribution in [-0.4, -0.2) is 19.2 Å². The minimum absolute atomic E-state index is 0.269. The van der Waals surface area contributed by atoms with E-state index in [0.717, 1.165) is 24.2 Å². The molecule has 0 aliphatic rings. The van der Waals surface area contributed by atoms with Crippen LogP contribution in [0.3, 0.4) is 0 Å². The quantitative estimate of drug-likeness (QED) is 0.421. The third-order valence-electron chi connectivity index (χ3n) is 2.57. The molecular formula is C15H20O3. The number of carbonyl (C=O) groups is 1. The molecule has 1 rings (SSSR count). The van der Waals surface area contributed by atoms with E-state index in [1.54, 1.807) is 6.08 Å². The lowest BCUT2D eigenvalue weighted by molar-refractivity contribution is -0.138. The second-order valence-electron chi connectivity index (χ2n) is 3.84. The summed E-state index contributed by atoms with van der Waals surface area (Å²) in [5, 5.41) is 0. The lowest BCUT2D eigenvalue weighted by Crippen LogP contribution is -2.10. The topological polar surface area (TPSA) is 35.5 Å². The minimum Gasteiger partial charge on any atom is -0.490 e. The Morgan fingerprint density at radius 1 is 1.11 bits per heavy atom. The minimum atomic E-state index is -0.287. The van der Waals surface area contributed by atoms with Crippen molar-refractivity contribution in [1.82, 2.24) is 0 Å². The molecule has 3 nitrogen and oxygen atoms in total. The summed E-state index contributed by atoms with van der Waals surface area (Å²) in [4.78, 5) is 11.4. The number of esters is 1. The van der Waals surface area contributed by atoms with E-state index in [-0.39, 0.29) is 12.6 Å². The van der Waals surface area contributed by atoms with Gasteiger partial charge in [-0.3, -0.25) is 0 Å². The van der Waals surface area contributed by atoms with Crippen molar-refractivity contribution in [2.45, 2.75) is 26.7 Å². The highest BCUT2D eigenvalue weighted by Crippen LogP contribution is 2.08. The predicted octanol–water partition coefficient (Wildman–Crippen LogP) is 3.36. The van der Waals surface area contributed by atoms with Crippen LogP contribution in [0.1, 0.15) is 26.7 Å². The maximum atomic E-state index is 11.4. The molecule has 1 aromatic rings. The van der Waals surface area contributed by atoms with Crippen molar-refractivity contribution in [2.24, 2.45) is 0 Å². The van der Waals surface area contributed by atoms with E-state index >= 15 is 0 Å². The van der Waals surface area contributed by atoms with Crippen molar-refractivity contribution < 1.29 is 14.3 Å². The molecule has 18 heavy (non-hydrogen) atoms. The number of para-hydroxylation sites is 1. The largest absolute Gasteiger partial charge is 0.490 e. The highest BCUT2D eigenvalue weighted by Gasteiger charge is 2.00. The second kappa shape index (κ2) is 8.34. The van der Waals surface area contributed by atoms with Gasteiger partial charge in [0.2, 0.25) is 0 Å². The van der Waals surface area contributed by atoms with Crippen LogP contribution in [0.5, 0.6) is 5.75 Å². The number of allylic oxidation sites excluding steroid dienone is 1. The number of rotatable bonds is 7. The summed E-state index contributed by atoms with van der Waals surface area (Å²) in [5.74, 6) is 0.497. The maximum absolute atomic E-state index is 11.4. The molecular weight excluding hydrogens is 228 g/mol. The van der Waals surface area contributed by atoms with E-state index in [9.17, 15) is 4.79 Å². The van der Waals surface area contributed by atoms with Crippen molar-refractivity contribution in [2.75, 3.05) is 13.2 Å². The van der Waals surface area contributed by atoms with Gasteiger partial charge >= 0.3 is 5.97 Å². The number of carbonyl (C=O) groups excluding carboxylic acids is 1. The van der Waals surface area contributed by atoms with Crippen LogP contribution >= 0.6 is 0 Å². The van der Waals surface area contributed by atoms with Gasteiger partial charge in [-0.1, -0.05) is 37.6 Å². The van der Waals surface area contributed by atoms with E-state index in [0.29, 0.717) is 6.61 Å². The highest BCUT2D eigenvalue weighted by molar-refractivity contribution is 5.82. The summed E-state index contributed by atoms with van der Waals surface area (Å²) in [5.41, 5.74) is 1.10. The molecule has 0 aliphatic heterocycles. The first-order valence-corrected chi connectivity index (χ1v) is 6.30. The second-order valence-corrected chi connectivity index (χ2v) is 3.84. The number of hydrogen-bond donors (Lipinski definition) is 0. The van der Waals surface area contributed by atoms with Crippen LogP contribution in [0.2, 0.25) is 0 Å². The summed E-state index contributed by atoms with van der Waals surface area (Å²) in [6.07, 6.45) is 3.33. The lowest BCUT2D eigenvalue weighted by Gasteiger charge is -2.06. The summed E-state index contributed by atoms with van der Waals surface area (Å²) >= 11 is 0. The molecule has 0 bridgehead atoms. The molecule has 0 radical (unpaired) electrons. The smallest absolute Gasteiger partial charge is 0.330 e. The first kappa shape index (κ1) is 14.3. The van der Waals surface area contributed by atoms with Crippen LogP contribution in [-0.2, 0) is 9.53 Å². The van der Waals surface area contributed by atoms with E-state index in [4.69, 9.17) is 9.47 Å². The summed E-state index contributed by atoms with van der Waals surface area (Å²) in [6, 6.07) is 9.47. The van der Waals surface area contributed by atoms with Gasteiger partial charge < -0.3 is 9.47 Å². The molecule has 0 aromatic heterocycles. The van der Waals surface area contributed by atoms with Gasteiger partial charge in [0.05, 0.1) is 0 Å². The van der Waals surface area contributed by atoms with Crippen molar-refractivity contribution in [3.63, 3.8) is 0 Å². The number of ether oxygens (including phenoxy) is 2. The van der Waals surface area contributed by atoms with Crippen molar-refractivity contribution in [1.29, 1.82) is 0 Å². The maximum Gasteiger partial charge on any atom is 0.330 e. The zero-order valence-corrected chi connectivity index (χ0v) is 11.0. The standard InChI is InChI=1S/C15H20O3/c1-3-13(4-2)12-15(16)18-11-10-17-14-8-6-5-7-9-14/h5-9,12H,3-4,10-11H2,1-2H3. The Kier molecular flexibility index (Phi) is 6.62. The van der Waals surface area contributed by atoms with E-state index in [2.05, 4.69) is 0 Å². The first-order chi connectivity index (χ1) is 8.76. The van der Waals surface area contributed by atoms with E-state index < -0.39 is 0 Å². The molecule has 0 N–H and O–H groups in total. The third-order valence-corrected chi connectivity index (χ3v) is 2.57. The Bertz CT molecular complexity index is 376. The Morgan fingerprint density at radius 2 is 1.78 bits per heavy atom. The van der Waals surface area contributed by atoms with Gasteiger partial charge in [0.25, 0.3) is 0 Å². The fraction of sp³-hybridized carbons (Fsp3) is 0.400. The Balaban J connectivity index is 2.22. The molecule has 1 aromatic carbocycles. The fourth-order valence-corrected chi connectivity index (χ4v) is 1.48. The number of benzene rings is 1. The van der Waals surface area contributed by atoms with Gasteiger partial charge in [-0.25, -0.2) is 4.79 Å². The summed E-state index contributed by atoms with van der Waals surface area (Å²) in [7, 11) is 0. The Hall–Kier alpha value is -1.77.